The molecule has 0 saturated carbocycles. The number of urea groups is 1. The van der Waals surface area contributed by atoms with Crippen molar-refractivity contribution in [3.8, 4) is 0 Å². The number of rotatable bonds is 4. The van der Waals surface area contributed by atoms with E-state index in [2.05, 4.69) is 5.32 Å². The van der Waals surface area contributed by atoms with E-state index in [1.165, 1.54) is 17.0 Å². The van der Waals surface area contributed by atoms with Crippen LogP contribution in [0.1, 0.15) is 18.9 Å². The first kappa shape index (κ1) is 15.3. The Kier molecular flexibility index (Phi) is 4.77. The summed E-state index contributed by atoms with van der Waals surface area (Å²) < 4.78 is 13.1. The van der Waals surface area contributed by atoms with Crippen molar-refractivity contribution in [2.24, 2.45) is 11.7 Å². The van der Waals surface area contributed by atoms with Crippen LogP contribution < -0.4 is 11.1 Å². The van der Waals surface area contributed by atoms with Gasteiger partial charge in [-0.05, 0) is 30.5 Å². The van der Waals surface area contributed by atoms with Crippen molar-refractivity contribution >= 4 is 11.9 Å². The highest BCUT2D eigenvalue weighted by atomic mass is 19.1. The van der Waals surface area contributed by atoms with Crippen LogP contribution in [0.3, 0.4) is 0 Å². The standard InChI is InChI=1S/C15H20FN3O2/c1-10(7-11-3-2-4-12(16)8-11)14(20)18-13-5-6-19(9-13)15(17)21/h2-4,8,10,13H,5-7,9H2,1H3,(H2,17,21)(H,18,20). The molecule has 114 valence electrons. The lowest BCUT2D eigenvalue weighted by Crippen LogP contribution is -2.42. The first-order chi connectivity index (χ1) is 9.95. The summed E-state index contributed by atoms with van der Waals surface area (Å²) in [5.74, 6) is -0.641. The van der Waals surface area contributed by atoms with Gasteiger partial charge in [0.25, 0.3) is 0 Å². The third-order valence-electron chi connectivity index (χ3n) is 3.72. The van der Waals surface area contributed by atoms with Gasteiger partial charge in [-0.2, -0.15) is 0 Å². The Morgan fingerprint density at radius 3 is 2.90 bits per heavy atom. The lowest BCUT2D eigenvalue weighted by atomic mass is 10.00. The van der Waals surface area contributed by atoms with Gasteiger partial charge in [-0.15, -0.1) is 0 Å². The Balaban J connectivity index is 1.84. The number of nitrogens with zero attached hydrogens (tertiary/aromatic N) is 1. The maximum Gasteiger partial charge on any atom is 0.314 e. The van der Waals surface area contributed by atoms with Crippen LogP contribution in [0.2, 0.25) is 0 Å². The number of benzene rings is 1. The van der Waals surface area contributed by atoms with Crippen LogP contribution in [0.15, 0.2) is 24.3 Å². The molecule has 1 aromatic carbocycles. The highest BCUT2D eigenvalue weighted by Crippen LogP contribution is 2.13. The van der Waals surface area contributed by atoms with Crippen molar-refractivity contribution < 1.29 is 14.0 Å². The van der Waals surface area contributed by atoms with Gasteiger partial charge < -0.3 is 16.0 Å². The van der Waals surface area contributed by atoms with Gasteiger partial charge in [0.1, 0.15) is 5.82 Å². The fourth-order valence-corrected chi connectivity index (χ4v) is 2.53. The van der Waals surface area contributed by atoms with E-state index in [1.807, 2.05) is 0 Å². The molecular weight excluding hydrogens is 273 g/mol. The van der Waals surface area contributed by atoms with E-state index in [1.54, 1.807) is 19.1 Å². The molecule has 1 aliphatic heterocycles. The smallest absolute Gasteiger partial charge is 0.314 e. The summed E-state index contributed by atoms with van der Waals surface area (Å²) in [5.41, 5.74) is 6.00. The summed E-state index contributed by atoms with van der Waals surface area (Å²) in [6.07, 6.45) is 1.19. The number of hydrogen-bond acceptors (Lipinski definition) is 2. The van der Waals surface area contributed by atoms with Crippen LogP contribution in [0, 0.1) is 11.7 Å². The number of nitrogens with two attached hydrogens (primary N) is 1. The van der Waals surface area contributed by atoms with Gasteiger partial charge >= 0.3 is 6.03 Å². The van der Waals surface area contributed by atoms with Crippen LogP contribution in [0.25, 0.3) is 0 Å². The zero-order chi connectivity index (χ0) is 15.4. The molecular formula is C15H20FN3O2. The molecule has 5 nitrogen and oxygen atoms in total. The number of hydrogen-bond donors (Lipinski definition) is 2. The third-order valence-corrected chi connectivity index (χ3v) is 3.72. The Morgan fingerprint density at radius 2 is 2.29 bits per heavy atom. The average molecular weight is 293 g/mol. The van der Waals surface area contributed by atoms with Crippen LogP contribution in [0.4, 0.5) is 9.18 Å². The van der Waals surface area contributed by atoms with Crippen LogP contribution in [-0.2, 0) is 11.2 Å². The maximum atomic E-state index is 13.1. The molecule has 1 saturated heterocycles. The van der Waals surface area contributed by atoms with E-state index in [0.29, 0.717) is 25.9 Å². The topological polar surface area (TPSA) is 75.4 Å². The zero-order valence-electron chi connectivity index (χ0n) is 12.0. The minimum Gasteiger partial charge on any atom is -0.351 e. The van der Waals surface area contributed by atoms with E-state index in [9.17, 15) is 14.0 Å². The van der Waals surface area contributed by atoms with Gasteiger partial charge in [0.15, 0.2) is 0 Å². The Bertz CT molecular complexity index is 535. The molecule has 1 aromatic rings. The molecule has 21 heavy (non-hydrogen) atoms. The largest absolute Gasteiger partial charge is 0.351 e. The van der Waals surface area contributed by atoms with Crippen molar-refractivity contribution in [2.45, 2.75) is 25.8 Å². The summed E-state index contributed by atoms with van der Waals surface area (Å²) in [6, 6.07) is 5.74. The second kappa shape index (κ2) is 6.56. The number of amides is 3. The molecule has 0 bridgehead atoms. The Hall–Kier alpha value is -2.11. The quantitative estimate of drug-likeness (QED) is 0.877. The lowest BCUT2D eigenvalue weighted by molar-refractivity contribution is -0.125. The average Bonchev–Trinajstić information content (AvgIpc) is 2.87. The fourth-order valence-electron chi connectivity index (χ4n) is 2.53. The van der Waals surface area contributed by atoms with Crippen LogP contribution >= 0.6 is 0 Å². The summed E-state index contributed by atoms with van der Waals surface area (Å²) in [7, 11) is 0. The predicted octanol–water partition coefficient (Wildman–Crippen LogP) is 1.27. The monoisotopic (exact) mass is 293 g/mol. The fraction of sp³-hybridized carbons (Fsp3) is 0.467. The van der Waals surface area contributed by atoms with Crippen molar-refractivity contribution in [2.75, 3.05) is 13.1 Å². The Morgan fingerprint density at radius 1 is 1.52 bits per heavy atom. The molecule has 2 atom stereocenters. The SMILES string of the molecule is CC(Cc1cccc(F)c1)C(=O)NC1CCN(C(N)=O)C1. The molecule has 6 heteroatoms. The molecule has 2 unspecified atom stereocenters. The molecule has 0 aromatic heterocycles. The summed E-state index contributed by atoms with van der Waals surface area (Å²) in [6.45, 7) is 2.83. The van der Waals surface area contributed by atoms with Gasteiger partial charge in [-0.25, -0.2) is 9.18 Å². The summed E-state index contributed by atoms with van der Waals surface area (Å²) in [4.78, 5) is 24.7. The highest BCUT2D eigenvalue weighted by Gasteiger charge is 2.27. The van der Waals surface area contributed by atoms with Gasteiger partial charge in [0.05, 0.1) is 0 Å². The van der Waals surface area contributed by atoms with Crippen molar-refractivity contribution in [1.82, 2.24) is 10.2 Å². The summed E-state index contributed by atoms with van der Waals surface area (Å²) >= 11 is 0. The zero-order valence-corrected chi connectivity index (χ0v) is 12.0. The normalized spacial score (nSPS) is 19.3. The van der Waals surface area contributed by atoms with E-state index >= 15 is 0 Å². The van der Waals surface area contributed by atoms with Crippen molar-refractivity contribution in [1.29, 1.82) is 0 Å². The molecule has 1 heterocycles. The molecule has 0 radical (unpaired) electrons. The molecule has 3 N–H and O–H groups in total. The van der Waals surface area contributed by atoms with Gasteiger partial charge in [-0.3, -0.25) is 4.79 Å². The Labute approximate surface area is 123 Å². The molecule has 0 spiro atoms. The highest BCUT2D eigenvalue weighted by molar-refractivity contribution is 5.79. The first-order valence-corrected chi connectivity index (χ1v) is 7.05. The van der Waals surface area contributed by atoms with E-state index in [4.69, 9.17) is 5.73 Å². The molecule has 2 rings (SSSR count). The minimum atomic E-state index is -0.459. The number of carbonyl (C=O) groups excluding carboxylic acids is 2. The second-order valence-corrected chi connectivity index (χ2v) is 5.51. The molecule has 0 aliphatic carbocycles. The second-order valence-electron chi connectivity index (χ2n) is 5.51. The van der Waals surface area contributed by atoms with E-state index in [-0.39, 0.29) is 23.7 Å². The predicted molar refractivity (Wildman–Crippen MR) is 77.0 cm³/mol. The maximum absolute atomic E-state index is 13.1. The number of carbonyl (C=O) groups is 2. The van der Waals surface area contributed by atoms with Gasteiger partial charge in [0, 0.05) is 25.0 Å². The van der Waals surface area contributed by atoms with Crippen molar-refractivity contribution in [3.63, 3.8) is 0 Å². The minimum absolute atomic E-state index is 0.0556. The molecule has 1 aliphatic rings. The van der Waals surface area contributed by atoms with Gasteiger partial charge in [0.2, 0.25) is 5.91 Å². The molecule has 3 amide bonds. The third kappa shape index (κ3) is 4.18. The van der Waals surface area contributed by atoms with Crippen molar-refractivity contribution in [3.05, 3.63) is 35.6 Å². The van der Waals surface area contributed by atoms with Gasteiger partial charge in [-0.1, -0.05) is 19.1 Å². The number of primary amides is 1. The lowest BCUT2D eigenvalue weighted by Gasteiger charge is -2.17. The number of halogens is 1. The van der Waals surface area contributed by atoms with Crippen LogP contribution in [0.5, 0.6) is 0 Å². The molecule has 1 fully saturated rings. The first-order valence-electron chi connectivity index (χ1n) is 7.05. The number of likely N-dealkylation sites (tertiary alicyclic amines) is 1. The number of nitrogens with one attached hydrogen (secondary N) is 1. The van der Waals surface area contributed by atoms with E-state index < -0.39 is 6.03 Å². The summed E-state index contributed by atoms with van der Waals surface area (Å²) in [5, 5.41) is 2.92. The van der Waals surface area contributed by atoms with Crippen LogP contribution in [-0.4, -0.2) is 36.0 Å². The van der Waals surface area contributed by atoms with E-state index in [0.717, 1.165) is 5.56 Å².